The first kappa shape index (κ1) is 15.4. The summed E-state index contributed by atoms with van der Waals surface area (Å²) in [6, 6.07) is 0. The minimum Gasteiger partial charge on any atom is -0.393 e. The molecule has 1 aromatic rings. The molecular weight excluding hydrogens is 296 g/mol. The molecule has 4 aliphatic rings. The fraction of sp³-hybridized carbons (Fsp3) is 0.857. The van der Waals surface area contributed by atoms with E-state index in [0.717, 1.165) is 36.5 Å². The number of aliphatic hydroxyl groups excluding tert-OH is 1. The molecular formula is C21H32N2O. The van der Waals surface area contributed by atoms with E-state index >= 15 is 0 Å². The lowest BCUT2D eigenvalue weighted by atomic mass is 9.45. The van der Waals surface area contributed by atoms with Crippen LogP contribution in [0.1, 0.15) is 75.7 Å². The summed E-state index contributed by atoms with van der Waals surface area (Å²) in [6.45, 7) is 7.32. The van der Waals surface area contributed by atoms with Crippen LogP contribution in [0.5, 0.6) is 0 Å². The molecule has 3 saturated carbocycles. The van der Waals surface area contributed by atoms with Crippen molar-refractivity contribution in [3.05, 3.63) is 17.0 Å². The maximum Gasteiger partial charge on any atom is 0.0665 e. The first-order chi connectivity index (χ1) is 11.4. The summed E-state index contributed by atoms with van der Waals surface area (Å²) in [7, 11) is 0. The van der Waals surface area contributed by atoms with Gasteiger partial charge in [0.15, 0.2) is 0 Å². The number of nitrogens with zero attached hydrogens (tertiary/aromatic N) is 1. The van der Waals surface area contributed by atoms with Crippen molar-refractivity contribution in [1.29, 1.82) is 0 Å². The number of H-pyrrole nitrogens is 1. The number of aryl methyl sites for hydroxylation is 1. The van der Waals surface area contributed by atoms with Crippen molar-refractivity contribution in [2.24, 2.45) is 29.1 Å². The van der Waals surface area contributed by atoms with Gasteiger partial charge in [-0.1, -0.05) is 13.8 Å². The Morgan fingerprint density at radius 2 is 1.92 bits per heavy atom. The van der Waals surface area contributed by atoms with Crippen molar-refractivity contribution < 1.29 is 5.11 Å². The largest absolute Gasteiger partial charge is 0.393 e. The number of rotatable bonds is 0. The third-order valence-electron chi connectivity index (χ3n) is 9.03. The molecule has 1 aromatic heterocycles. The highest BCUT2D eigenvalue weighted by atomic mass is 16.3. The van der Waals surface area contributed by atoms with Crippen LogP contribution in [-0.4, -0.2) is 21.4 Å². The normalized spacial score (nSPS) is 49.9. The smallest absolute Gasteiger partial charge is 0.0665 e. The first-order valence-corrected chi connectivity index (χ1v) is 10.2. The third-order valence-corrected chi connectivity index (χ3v) is 9.03. The lowest BCUT2D eigenvalue weighted by Crippen LogP contribution is -2.54. The second-order valence-corrected chi connectivity index (χ2v) is 9.92. The Kier molecular flexibility index (Phi) is 3.13. The van der Waals surface area contributed by atoms with Gasteiger partial charge in [0.1, 0.15) is 0 Å². The molecule has 132 valence electrons. The highest BCUT2D eigenvalue weighted by Crippen LogP contribution is 2.65. The van der Waals surface area contributed by atoms with Crippen molar-refractivity contribution >= 4 is 0 Å². The number of hydrogen-bond acceptors (Lipinski definition) is 2. The molecule has 0 spiro atoms. The summed E-state index contributed by atoms with van der Waals surface area (Å²) in [4.78, 5) is 0. The Hall–Kier alpha value is -0.830. The number of nitrogens with one attached hydrogen (secondary N) is 1. The van der Waals surface area contributed by atoms with Crippen LogP contribution in [0.15, 0.2) is 0 Å². The number of aromatic nitrogens is 2. The van der Waals surface area contributed by atoms with E-state index in [1.165, 1.54) is 49.9 Å². The van der Waals surface area contributed by atoms with Gasteiger partial charge < -0.3 is 5.11 Å². The van der Waals surface area contributed by atoms with E-state index in [0.29, 0.717) is 10.8 Å². The van der Waals surface area contributed by atoms with Crippen LogP contribution >= 0.6 is 0 Å². The number of aliphatic hydroxyl groups is 1. The van der Waals surface area contributed by atoms with E-state index in [-0.39, 0.29) is 6.10 Å². The van der Waals surface area contributed by atoms with Crippen LogP contribution < -0.4 is 0 Å². The topological polar surface area (TPSA) is 48.9 Å². The van der Waals surface area contributed by atoms with Crippen molar-refractivity contribution in [2.75, 3.05) is 0 Å². The van der Waals surface area contributed by atoms with Gasteiger partial charge in [0, 0.05) is 11.3 Å². The van der Waals surface area contributed by atoms with Crippen LogP contribution in [0.3, 0.4) is 0 Å². The zero-order valence-electron chi connectivity index (χ0n) is 15.4. The van der Waals surface area contributed by atoms with Crippen LogP contribution in [0.2, 0.25) is 0 Å². The Labute approximate surface area is 145 Å². The molecule has 0 saturated heterocycles. The minimum absolute atomic E-state index is 0.0347. The molecule has 3 nitrogen and oxygen atoms in total. The maximum absolute atomic E-state index is 10.2. The molecule has 4 aliphatic carbocycles. The van der Waals surface area contributed by atoms with Crippen LogP contribution in [0, 0.1) is 36.0 Å². The molecule has 3 fully saturated rings. The molecule has 0 amide bonds. The highest BCUT2D eigenvalue weighted by molar-refractivity contribution is 5.40. The molecule has 0 radical (unpaired) electrons. The van der Waals surface area contributed by atoms with Crippen molar-refractivity contribution in [3.63, 3.8) is 0 Å². The van der Waals surface area contributed by atoms with Gasteiger partial charge in [-0.15, -0.1) is 0 Å². The van der Waals surface area contributed by atoms with Crippen molar-refractivity contribution in [3.8, 4) is 0 Å². The minimum atomic E-state index is -0.0347. The third kappa shape index (κ3) is 1.80. The zero-order chi connectivity index (χ0) is 16.7. The number of hydrogen-bond donors (Lipinski definition) is 2. The fourth-order valence-corrected chi connectivity index (χ4v) is 7.84. The summed E-state index contributed by atoms with van der Waals surface area (Å²) < 4.78 is 0. The van der Waals surface area contributed by atoms with Gasteiger partial charge in [0.05, 0.1) is 11.8 Å². The Morgan fingerprint density at radius 3 is 2.75 bits per heavy atom. The average Bonchev–Trinajstić information content (AvgIpc) is 3.06. The quantitative estimate of drug-likeness (QED) is 0.752. The molecule has 1 heterocycles. The molecule has 0 bridgehead atoms. The molecule has 0 aromatic carbocycles. The van der Waals surface area contributed by atoms with E-state index < -0.39 is 0 Å². The van der Waals surface area contributed by atoms with Crippen LogP contribution in [0.4, 0.5) is 0 Å². The maximum atomic E-state index is 10.2. The van der Waals surface area contributed by atoms with Gasteiger partial charge in [-0.3, -0.25) is 5.10 Å². The van der Waals surface area contributed by atoms with E-state index in [1.807, 2.05) is 0 Å². The standard InChI is InChI=1S/C21H32N2O/c1-12-19-18(23-22-12)11-17-15-5-4-13-10-14(24)6-8-20(13,2)16(15)7-9-21(17,19)3/h13-17,24H,4-11H2,1-3H3,(H,22,23)/t13-,14+,15+,16-,17+,20-,21-/m0/s1. The number of aromatic amines is 1. The molecule has 2 N–H and O–H groups in total. The van der Waals surface area contributed by atoms with Gasteiger partial charge in [-0.05, 0) is 92.8 Å². The average molecular weight is 329 g/mol. The van der Waals surface area contributed by atoms with Crippen molar-refractivity contribution in [1.82, 2.24) is 10.2 Å². The highest BCUT2D eigenvalue weighted by Gasteiger charge is 2.59. The summed E-state index contributed by atoms with van der Waals surface area (Å²) in [5.41, 5.74) is 5.08. The second kappa shape index (κ2) is 4.87. The first-order valence-electron chi connectivity index (χ1n) is 10.2. The Morgan fingerprint density at radius 1 is 1.08 bits per heavy atom. The van der Waals surface area contributed by atoms with Crippen molar-refractivity contribution in [2.45, 2.75) is 83.7 Å². The summed E-state index contributed by atoms with van der Waals surface area (Å²) in [5.74, 6) is 3.29. The van der Waals surface area contributed by atoms with Gasteiger partial charge in [-0.2, -0.15) is 5.10 Å². The van der Waals surface area contributed by atoms with Crippen LogP contribution in [0.25, 0.3) is 0 Å². The molecule has 5 rings (SSSR count). The second-order valence-electron chi connectivity index (χ2n) is 9.92. The Balaban J connectivity index is 1.50. The van der Waals surface area contributed by atoms with E-state index in [9.17, 15) is 5.11 Å². The van der Waals surface area contributed by atoms with Crippen LogP contribution in [-0.2, 0) is 11.8 Å². The predicted octanol–water partition coefficient (Wildman–Crippen LogP) is 4.14. The van der Waals surface area contributed by atoms with E-state index in [1.54, 1.807) is 5.56 Å². The molecule has 0 unspecified atom stereocenters. The molecule has 24 heavy (non-hydrogen) atoms. The lowest BCUT2D eigenvalue weighted by Gasteiger charge is -2.60. The van der Waals surface area contributed by atoms with Gasteiger partial charge >= 0.3 is 0 Å². The summed E-state index contributed by atoms with van der Waals surface area (Å²) in [5, 5.41) is 18.1. The summed E-state index contributed by atoms with van der Waals surface area (Å²) in [6.07, 6.45) is 9.92. The molecule has 3 heteroatoms. The molecule has 0 aliphatic heterocycles. The molecule has 7 atom stereocenters. The van der Waals surface area contributed by atoms with Gasteiger partial charge in [-0.25, -0.2) is 0 Å². The van der Waals surface area contributed by atoms with Gasteiger partial charge in [0.25, 0.3) is 0 Å². The lowest BCUT2D eigenvalue weighted by molar-refractivity contribution is -0.111. The zero-order valence-corrected chi connectivity index (χ0v) is 15.4. The van der Waals surface area contributed by atoms with E-state index in [4.69, 9.17) is 0 Å². The number of fused-ring (bicyclic) bond motifs is 7. The summed E-state index contributed by atoms with van der Waals surface area (Å²) >= 11 is 0. The predicted molar refractivity (Wildman–Crippen MR) is 94.8 cm³/mol. The fourth-order valence-electron chi connectivity index (χ4n) is 7.84. The van der Waals surface area contributed by atoms with E-state index in [2.05, 4.69) is 31.0 Å². The Bertz CT molecular complexity index is 667. The van der Waals surface area contributed by atoms with Gasteiger partial charge in [0.2, 0.25) is 0 Å². The monoisotopic (exact) mass is 328 g/mol. The SMILES string of the molecule is Cc1[nH]nc2c1[C@@]1(C)CC[C@H]3[C@@H](CC[C@H]4C[C@H](O)CC[C@@]43C)[C@H]1C2.